The molecule has 0 aliphatic carbocycles. The lowest BCUT2D eigenvalue weighted by atomic mass is 9.99. The fourth-order valence-electron chi connectivity index (χ4n) is 2.16. The van der Waals surface area contributed by atoms with E-state index in [1.54, 1.807) is 0 Å². The molecule has 0 aromatic heterocycles. The van der Waals surface area contributed by atoms with E-state index in [4.69, 9.17) is 4.74 Å². The van der Waals surface area contributed by atoms with Gasteiger partial charge in [-0.05, 0) is 11.1 Å². The Morgan fingerprint density at radius 1 is 0.842 bits per heavy atom. The van der Waals surface area contributed by atoms with Crippen LogP contribution in [0, 0.1) is 0 Å². The minimum absolute atomic E-state index is 0.0303. The fourth-order valence-corrected chi connectivity index (χ4v) is 2.16. The van der Waals surface area contributed by atoms with Crippen LogP contribution in [-0.4, -0.2) is 18.0 Å². The van der Waals surface area contributed by atoms with Crippen LogP contribution in [0.3, 0.4) is 0 Å². The molecule has 2 aromatic carbocycles. The summed E-state index contributed by atoms with van der Waals surface area (Å²) in [7, 11) is 0. The molecule has 1 heterocycles. The zero-order valence-corrected chi connectivity index (χ0v) is 10.5. The van der Waals surface area contributed by atoms with Gasteiger partial charge in [0.15, 0.2) is 11.9 Å². The van der Waals surface area contributed by atoms with Gasteiger partial charge in [-0.1, -0.05) is 67.2 Å². The van der Waals surface area contributed by atoms with Crippen LogP contribution in [0.2, 0.25) is 0 Å². The van der Waals surface area contributed by atoms with Crippen LogP contribution < -0.4 is 0 Å². The van der Waals surface area contributed by atoms with Crippen molar-refractivity contribution in [2.24, 2.45) is 0 Å². The minimum atomic E-state index is -0.380. The first-order chi connectivity index (χ1) is 9.27. The van der Waals surface area contributed by atoms with E-state index in [1.807, 2.05) is 60.7 Å². The van der Waals surface area contributed by atoms with Crippen molar-refractivity contribution >= 4 is 11.4 Å². The zero-order valence-electron chi connectivity index (χ0n) is 10.5. The van der Waals surface area contributed by atoms with Crippen molar-refractivity contribution in [1.29, 1.82) is 0 Å². The standard InChI is InChI=1S/C17H14O2/c1-12(13-8-4-2-5-9-13)16-17(19-16)15(18)14-10-6-3-7-11-14/h2-11,16-17H,1H2. The van der Waals surface area contributed by atoms with E-state index < -0.39 is 0 Å². The Morgan fingerprint density at radius 2 is 1.37 bits per heavy atom. The topological polar surface area (TPSA) is 29.6 Å². The number of carbonyl (C=O) groups excluding carboxylic acids is 1. The van der Waals surface area contributed by atoms with Crippen molar-refractivity contribution in [3.63, 3.8) is 0 Å². The lowest BCUT2D eigenvalue weighted by molar-refractivity contribution is 0.0953. The van der Waals surface area contributed by atoms with Crippen LogP contribution in [0.1, 0.15) is 15.9 Å². The van der Waals surface area contributed by atoms with E-state index in [9.17, 15) is 4.79 Å². The Labute approximate surface area is 112 Å². The first-order valence-electron chi connectivity index (χ1n) is 6.26. The third-order valence-corrected chi connectivity index (χ3v) is 3.30. The van der Waals surface area contributed by atoms with Gasteiger partial charge in [0.05, 0.1) is 0 Å². The van der Waals surface area contributed by atoms with E-state index >= 15 is 0 Å². The summed E-state index contributed by atoms with van der Waals surface area (Å²) in [5.74, 6) is 0.0303. The van der Waals surface area contributed by atoms with E-state index in [-0.39, 0.29) is 18.0 Å². The van der Waals surface area contributed by atoms with Gasteiger partial charge in [0.2, 0.25) is 0 Å². The lowest BCUT2D eigenvalue weighted by Crippen LogP contribution is -2.10. The van der Waals surface area contributed by atoms with Crippen molar-refractivity contribution in [1.82, 2.24) is 0 Å². The van der Waals surface area contributed by atoms with Crippen molar-refractivity contribution in [3.8, 4) is 0 Å². The van der Waals surface area contributed by atoms with Gasteiger partial charge in [-0.2, -0.15) is 0 Å². The molecule has 1 saturated heterocycles. The molecule has 3 rings (SSSR count). The maximum Gasteiger partial charge on any atom is 0.194 e. The molecule has 0 spiro atoms. The van der Waals surface area contributed by atoms with Crippen LogP contribution in [0.4, 0.5) is 0 Å². The molecule has 2 unspecified atom stereocenters. The van der Waals surface area contributed by atoms with Gasteiger partial charge in [-0.15, -0.1) is 0 Å². The van der Waals surface area contributed by atoms with Crippen molar-refractivity contribution in [2.75, 3.05) is 0 Å². The average molecular weight is 250 g/mol. The normalized spacial score (nSPS) is 20.8. The Kier molecular flexibility index (Phi) is 3.02. The SMILES string of the molecule is C=C(c1ccccc1)C1OC1C(=O)c1ccccc1. The zero-order chi connectivity index (χ0) is 13.2. The highest BCUT2D eigenvalue weighted by molar-refractivity contribution is 6.03. The Hall–Kier alpha value is -2.19. The molecule has 2 atom stereocenters. The predicted molar refractivity (Wildman–Crippen MR) is 74.9 cm³/mol. The molecule has 19 heavy (non-hydrogen) atoms. The number of hydrogen-bond acceptors (Lipinski definition) is 2. The van der Waals surface area contributed by atoms with Crippen LogP contribution in [0.15, 0.2) is 67.2 Å². The molecule has 94 valence electrons. The number of rotatable bonds is 4. The third-order valence-electron chi connectivity index (χ3n) is 3.30. The maximum absolute atomic E-state index is 12.2. The highest BCUT2D eigenvalue weighted by Crippen LogP contribution is 2.36. The molecule has 2 heteroatoms. The third kappa shape index (κ3) is 2.35. The Morgan fingerprint density at radius 3 is 1.95 bits per heavy atom. The molecule has 0 N–H and O–H groups in total. The summed E-state index contributed by atoms with van der Waals surface area (Å²) in [4.78, 5) is 12.2. The highest BCUT2D eigenvalue weighted by atomic mass is 16.6. The van der Waals surface area contributed by atoms with Gasteiger partial charge in [-0.25, -0.2) is 0 Å². The molecule has 2 nitrogen and oxygen atoms in total. The first-order valence-corrected chi connectivity index (χ1v) is 6.26. The molecule has 1 fully saturated rings. The van der Waals surface area contributed by atoms with Gasteiger partial charge >= 0.3 is 0 Å². The predicted octanol–water partition coefficient (Wildman–Crippen LogP) is 3.35. The van der Waals surface area contributed by atoms with Gasteiger partial charge in [-0.3, -0.25) is 4.79 Å². The van der Waals surface area contributed by atoms with Crippen LogP contribution >= 0.6 is 0 Å². The molecule has 0 radical (unpaired) electrons. The second-order valence-electron chi connectivity index (χ2n) is 4.60. The second kappa shape index (κ2) is 4.82. The number of hydrogen-bond donors (Lipinski definition) is 0. The van der Waals surface area contributed by atoms with Gasteiger partial charge in [0.25, 0.3) is 0 Å². The van der Waals surface area contributed by atoms with Gasteiger partial charge < -0.3 is 4.74 Å². The number of carbonyl (C=O) groups is 1. The number of Topliss-reactive ketones (excluding diaryl/α,β-unsaturated/α-hetero) is 1. The number of epoxide rings is 1. The smallest absolute Gasteiger partial charge is 0.194 e. The number of ether oxygens (including phenoxy) is 1. The molecule has 0 saturated carbocycles. The fraction of sp³-hybridized carbons (Fsp3) is 0.118. The largest absolute Gasteiger partial charge is 0.356 e. The first kappa shape index (κ1) is 11.9. The average Bonchev–Trinajstić information content (AvgIpc) is 3.28. The summed E-state index contributed by atoms with van der Waals surface area (Å²) < 4.78 is 5.50. The van der Waals surface area contributed by atoms with Crippen molar-refractivity contribution in [2.45, 2.75) is 12.2 Å². The van der Waals surface area contributed by atoms with E-state index in [1.165, 1.54) is 0 Å². The summed E-state index contributed by atoms with van der Waals surface area (Å²) >= 11 is 0. The summed E-state index contributed by atoms with van der Waals surface area (Å²) in [5.41, 5.74) is 2.58. The van der Waals surface area contributed by atoms with E-state index in [0.29, 0.717) is 5.56 Å². The molecular formula is C17H14O2. The molecule has 1 aliphatic heterocycles. The lowest BCUT2D eigenvalue weighted by Gasteiger charge is -2.01. The van der Waals surface area contributed by atoms with Crippen molar-refractivity contribution in [3.05, 3.63) is 78.4 Å². The second-order valence-corrected chi connectivity index (χ2v) is 4.60. The molecular weight excluding hydrogens is 236 g/mol. The van der Waals surface area contributed by atoms with E-state index in [2.05, 4.69) is 6.58 Å². The quantitative estimate of drug-likeness (QED) is 0.615. The van der Waals surface area contributed by atoms with Crippen LogP contribution in [0.25, 0.3) is 5.57 Å². The molecule has 1 aliphatic rings. The van der Waals surface area contributed by atoms with Gasteiger partial charge in [0.1, 0.15) is 6.10 Å². The van der Waals surface area contributed by atoms with E-state index in [0.717, 1.165) is 11.1 Å². The highest BCUT2D eigenvalue weighted by Gasteiger charge is 2.46. The molecule has 2 aromatic rings. The van der Waals surface area contributed by atoms with Gasteiger partial charge in [0, 0.05) is 5.56 Å². The van der Waals surface area contributed by atoms with Crippen molar-refractivity contribution < 1.29 is 9.53 Å². The number of ketones is 1. The Bertz CT molecular complexity index is 546. The summed E-state index contributed by atoms with van der Waals surface area (Å²) in [5, 5.41) is 0. The molecule has 0 bridgehead atoms. The van der Waals surface area contributed by atoms with Crippen LogP contribution in [0.5, 0.6) is 0 Å². The summed E-state index contributed by atoms with van der Waals surface area (Å²) in [6.07, 6.45) is -0.565. The molecule has 0 amide bonds. The minimum Gasteiger partial charge on any atom is -0.356 e. The summed E-state index contributed by atoms with van der Waals surface area (Å²) in [6, 6.07) is 19.1. The maximum atomic E-state index is 12.2. The summed E-state index contributed by atoms with van der Waals surface area (Å²) in [6.45, 7) is 4.04. The number of benzene rings is 2. The Balaban J connectivity index is 1.72. The van der Waals surface area contributed by atoms with Crippen LogP contribution in [-0.2, 0) is 4.74 Å². The monoisotopic (exact) mass is 250 g/mol.